The van der Waals surface area contributed by atoms with Gasteiger partial charge in [-0.3, -0.25) is 4.99 Å². The van der Waals surface area contributed by atoms with Gasteiger partial charge in [-0.15, -0.1) is 0 Å². The summed E-state index contributed by atoms with van der Waals surface area (Å²) < 4.78 is 44.0. The highest BCUT2D eigenvalue weighted by atomic mass is 19.4. The fourth-order valence-corrected chi connectivity index (χ4v) is 2.74. The molecule has 25 heavy (non-hydrogen) atoms. The second-order valence-electron chi connectivity index (χ2n) is 6.26. The Hall–Kier alpha value is -1.76. The highest BCUT2D eigenvalue weighted by Gasteiger charge is 2.45. The first-order valence-corrected chi connectivity index (χ1v) is 8.61. The standard InChI is InChI=1S/C18H26F3N3O/c1-3-25-11-5-10-23-16(22-2)24-13-17(8-9-17)14-6-4-7-15(12-14)18(19,20)21/h4,6-7,12H,3,5,8-11,13H2,1-2H3,(H2,22,23,24). The zero-order valence-electron chi connectivity index (χ0n) is 14.7. The molecule has 0 atom stereocenters. The highest BCUT2D eigenvalue weighted by molar-refractivity contribution is 5.79. The van der Waals surface area contributed by atoms with Crippen LogP contribution in [0.15, 0.2) is 29.3 Å². The van der Waals surface area contributed by atoms with Gasteiger partial charge in [0.25, 0.3) is 0 Å². The molecule has 0 heterocycles. The molecule has 0 aromatic heterocycles. The Morgan fingerprint density at radius 1 is 1.28 bits per heavy atom. The Morgan fingerprint density at radius 3 is 2.64 bits per heavy atom. The van der Waals surface area contributed by atoms with Crippen molar-refractivity contribution in [3.8, 4) is 0 Å². The van der Waals surface area contributed by atoms with Crippen LogP contribution in [0.4, 0.5) is 13.2 Å². The number of nitrogens with zero attached hydrogens (tertiary/aromatic N) is 1. The molecule has 2 N–H and O–H groups in total. The van der Waals surface area contributed by atoms with E-state index in [-0.39, 0.29) is 5.41 Å². The van der Waals surface area contributed by atoms with Gasteiger partial charge in [0, 0.05) is 38.8 Å². The van der Waals surface area contributed by atoms with Gasteiger partial charge < -0.3 is 15.4 Å². The van der Waals surface area contributed by atoms with Crippen LogP contribution in [-0.4, -0.2) is 39.3 Å². The quantitative estimate of drug-likeness (QED) is 0.426. The smallest absolute Gasteiger partial charge is 0.382 e. The minimum absolute atomic E-state index is 0.232. The number of rotatable bonds is 8. The zero-order valence-corrected chi connectivity index (χ0v) is 14.7. The van der Waals surface area contributed by atoms with Crippen LogP contribution in [0.2, 0.25) is 0 Å². The molecule has 0 bridgehead atoms. The van der Waals surface area contributed by atoms with E-state index in [1.54, 1.807) is 13.1 Å². The van der Waals surface area contributed by atoms with E-state index >= 15 is 0 Å². The summed E-state index contributed by atoms with van der Waals surface area (Å²) in [5.41, 5.74) is -0.0826. The van der Waals surface area contributed by atoms with Gasteiger partial charge in [-0.25, -0.2) is 0 Å². The van der Waals surface area contributed by atoms with Crippen molar-refractivity contribution < 1.29 is 17.9 Å². The zero-order chi connectivity index (χ0) is 18.3. The number of benzene rings is 1. The number of ether oxygens (including phenoxy) is 1. The summed E-state index contributed by atoms with van der Waals surface area (Å²) in [6.45, 7) is 4.65. The maximum Gasteiger partial charge on any atom is 0.416 e. The van der Waals surface area contributed by atoms with Crippen molar-refractivity contribution in [3.05, 3.63) is 35.4 Å². The Kier molecular flexibility index (Phi) is 6.70. The van der Waals surface area contributed by atoms with Gasteiger partial charge in [0.05, 0.1) is 5.56 Å². The van der Waals surface area contributed by atoms with Crippen molar-refractivity contribution in [1.82, 2.24) is 10.6 Å². The average molecular weight is 357 g/mol. The van der Waals surface area contributed by atoms with Crippen LogP contribution in [0.1, 0.15) is 37.3 Å². The first kappa shape index (κ1) is 19.6. The molecule has 7 heteroatoms. The summed E-state index contributed by atoms with van der Waals surface area (Å²) in [6.07, 6.45) is -1.68. The number of hydrogen-bond donors (Lipinski definition) is 2. The Balaban J connectivity index is 1.89. The third kappa shape index (κ3) is 5.63. The molecule has 1 saturated carbocycles. The molecular formula is C18H26F3N3O. The molecule has 4 nitrogen and oxygen atoms in total. The summed E-state index contributed by atoms with van der Waals surface area (Å²) in [5.74, 6) is 0.662. The van der Waals surface area contributed by atoms with E-state index in [1.807, 2.05) is 6.92 Å². The summed E-state index contributed by atoms with van der Waals surface area (Å²) >= 11 is 0. The van der Waals surface area contributed by atoms with Crippen molar-refractivity contribution >= 4 is 5.96 Å². The molecule has 0 spiro atoms. The van der Waals surface area contributed by atoms with Crippen LogP contribution in [0.25, 0.3) is 0 Å². The molecular weight excluding hydrogens is 331 g/mol. The SMILES string of the molecule is CCOCCCNC(=NC)NCC1(c2cccc(C(F)(F)F)c2)CC1. The molecule has 0 saturated heterocycles. The third-order valence-electron chi connectivity index (χ3n) is 4.44. The minimum Gasteiger partial charge on any atom is -0.382 e. The average Bonchev–Trinajstić information content (AvgIpc) is 3.38. The van der Waals surface area contributed by atoms with Crippen LogP contribution in [0.5, 0.6) is 0 Å². The Bertz CT molecular complexity index is 583. The molecule has 1 fully saturated rings. The Morgan fingerprint density at radius 2 is 2.04 bits per heavy atom. The third-order valence-corrected chi connectivity index (χ3v) is 4.44. The number of guanidine groups is 1. The van der Waals surface area contributed by atoms with E-state index in [0.717, 1.165) is 37.4 Å². The van der Waals surface area contributed by atoms with E-state index in [2.05, 4.69) is 15.6 Å². The van der Waals surface area contributed by atoms with Crippen LogP contribution >= 0.6 is 0 Å². The summed E-state index contributed by atoms with van der Waals surface area (Å²) in [4.78, 5) is 4.16. The molecule has 1 aliphatic rings. The number of hydrogen-bond acceptors (Lipinski definition) is 2. The van der Waals surface area contributed by atoms with Gasteiger partial charge in [-0.2, -0.15) is 13.2 Å². The minimum atomic E-state index is -4.31. The van der Waals surface area contributed by atoms with Gasteiger partial charge in [0.15, 0.2) is 5.96 Å². The fraction of sp³-hybridized carbons (Fsp3) is 0.611. The van der Waals surface area contributed by atoms with Gasteiger partial charge >= 0.3 is 6.18 Å². The van der Waals surface area contributed by atoms with Crippen LogP contribution in [-0.2, 0) is 16.3 Å². The first-order valence-electron chi connectivity index (χ1n) is 8.61. The first-order chi connectivity index (χ1) is 11.9. The lowest BCUT2D eigenvalue weighted by atomic mass is 9.94. The predicted molar refractivity (Wildman–Crippen MR) is 92.8 cm³/mol. The maximum atomic E-state index is 12.9. The second-order valence-corrected chi connectivity index (χ2v) is 6.26. The van der Waals surface area contributed by atoms with Crippen molar-refractivity contribution in [2.75, 3.05) is 33.4 Å². The maximum absolute atomic E-state index is 12.9. The summed E-state index contributed by atoms with van der Waals surface area (Å²) in [6, 6.07) is 5.65. The topological polar surface area (TPSA) is 45.6 Å². The van der Waals surface area contributed by atoms with Gasteiger partial charge in [0.1, 0.15) is 0 Å². The largest absolute Gasteiger partial charge is 0.416 e. The van der Waals surface area contributed by atoms with Crippen LogP contribution in [0, 0.1) is 0 Å². The molecule has 0 amide bonds. The van der Waals surface area contributed by atoms with E-state index in [4.69, 9.17) is 4.74 Å². The lowest BCUT2D eigenvalue weighted by Crippen LogP contribution is -2.41. The van der Waals surface area contributed by atoms with Crippen LogP contribution < -0.4 is 10.6 Å². The van der Waals surface area contributed by atoms with Crippen molar-refractivity contribution in [1.29, 1.82) is 0 Å². The van der Waals surface area contributed by atoms with Crippen molar-refractivity contribution in [2.45, 2.75) is 37.8 Å². The Labute approximate surface area is 146 Å². The molecule has 2 rings (SSSR count). The number of aliphatic imine (C=N–C) groups is 1. The second kappa shape index (κ2) is 8.56. The van der Waals surface area contributed by atoms with E-state index < -0.39 is 11.7 Å². The van der Waals surface area contributed by atoms with Gasteiger partial charge in [-0.1, -0.05) is 18.2 Å². The van der Waals surface area contributed by atoms with Crippen LogP contribution in [0.3, 0.4) is 0 Å². The van der Waals surface area contributed by atoms with Crippen molar-refractivity contribution in [3.63, 3.8) is 0 Å². The lowest BCUT2D eigenvalue weighted by Gasteiger charge is -2.20. The number of alkyl halides is 3. The summed E-state index contributed by atoms with van der Waals surface area (Å²) in [7, 11) is 1.68. The van der Waals surface area contributed by atoms with E-state index in [9.17, 15) is 13.2 Å². The highest BCUT2D eigenvalue weighted by Crippen LogP contribution is 2.48. The van der Waals surface area contributed by atoms with E-state index in [1.165, 1.54) is 12.1 Å². The molecule has 1 aliphatic carbocycles. The van der Waals surface area contributed by atoms with Gasteiger partial charge in [0.2, 0.25) is 0 Å². The van der Waals surface area contributed by atoms with Crippen molar-refractivity contribution in [2.24, 2.45) is 4.99 Å². The molecule has 0 unspecified atom stereocenters. The molecule has 0 aliphatic heterocycles. The predicted octanol–water partition coefficient (Wildman–Crippen LogP) is 3.33. The number of nitrogens with one attached hydrogen (secondary N) is 2. The molecule has 1 aromatic carbocycles. The molecule has 140 valence electrons. The lowest BCUT2D eigenvalue weighted by molar-refractivity contribution is -0.137. The summed E-state index contributed by atoms with van der Waals surface area (Å²) in [5, 5.41) is 6.43. The number of halogens is 3. The van der Waals surface area contributed by atoms with E-state index in [0.29, 0.717) is 25.7 Å². The normalized spacial score (nSPS) is 16.6. The van der Waals surface area contributed by atoms with Gasteiger partial charge in [-0.05, 0) is 37.8 Å². The fourth-order valence-electron chi connectivity index (χ4n) is 2.74. The molecule has 1 aromatic rings. The molecule has 0 radical (unpaired) electrons. The monoisotopic (exact) mass is 357 g/mol.